The number of amides is 3. The van der Waals surface area contributed by atoms with Crippen LogP contribution in [0, 0.1) is 5.92 Å². The fourth-order valence-electron chi connectivity index (χ4n) is 4.48. The third-order valence-corrected chi connectivity index (χ3v) is 8.08. The van der Waals surface area contributed by atoms with Gasteiger partial charge < -0.3 is 16.0 Å². The second kappa shape index (κ2) is 9.65. The van der Waals surface area contributed by atoms with Crippen LogP contribution in [0.3, 0.4) is 0 Å². The first-order chi connectivity index (χ1) is 17.1. The largest absolute Gasteiger partial charge is 0.351 e. The van der Waals surface area contributed by atoms with Crippen LogP contribution in [0.5, 0.6) is 0 Å². The molecule has 3 amide bonds. The number of carbonyl (C=O) groups is 2. The van der Waals surface area contributed by atoms with Gasteiger partial charge in [0.25, 0.3) is 5.91 Å². The van der Waals surface area contributed by atoms with Gasteiger partial charge in [-0.3, -0.25) is 10.1 Å². The summed E-state index contributed by atoms with van der Waals surface area (Å²) in [5, 5.41) is 15.8. The summed E-state index contributed by atoms with van der Waals surface area (Å²) >= 11 is 0. The number of sulfonamides is 1. The molecule has 1 aliphatic heterocycles. The van der Waals surface area contributed by atoms with Gasteiger partial charge in [-0.25, -0.2) is 17.9 Å². The normalized spacial score (nSPS) is 23.8. The van der Waals surface area contributed by atoms with Gasteiger partial charge in [0, 0.05) is 23.7 Å². The Balaban J connectivity index is 1.32. The molecule has 2 aromatic heterocycles. The molecule has 0 atom stereocenters. The van der Waals surface area contributed by atoms with Crippen LogP contribution in [-0.2, 0) is 14.8 Å². The molecule has 3 heterocycles. The number of nitrogens with zero attached hydrogens (tertiary/aromatic N) is 4. The second-order valence-electron chi connectivity index (χ2n) is 10.1. The number of anilines is 2. The topological polar surface area (TPSA) is 172 Å². The van der Waals surface area contributed by atoms with Gasteiger partial charge in [-0.1, -0.05) is 13.8 Å². The molecule has 2 saturated carbocycles. The number of carbonyl (C=O) groups excluding carboxylic acids is 2. The van der Waals surface area contributed by atoms with Crippen LogP contribution < -0.4 is 26.0 Å². The molecule has 1 saturated heterocycles. The second-order valence-corrected chi connectivity index (χ2v) is 11.9. The highest BCUT2D eigenvalue weighted by atomic mass is 32.2. The van der Waals surface area contributed by atoms with Crippen molar-refractivity contribution in [2.24, 2.45) is 5.92 Å². The van der Waals surface area contributed by atoms with Crippen LogP contribution in [0.4, 0.5) is 16.7 Å². The fraction of sp³-hybridized carbons (Fsp3) is 0.591. The molecule has 2 aromatic rings. The Hall–Kier alpha value is -3.26. The number of aromatic nitrogens is 4. The molecule has 5 rings (SSSR count). The Labute approximate surface area is 209 Å². The van der Waals surface area contributed by atoms with Crippen molar-refractivity contribution in [3.63, 3.8) is 0 Å². The quantitative estimate of drug-likeness (QED) is 0.242. The lowest BCUT2D eigenvalue weighted by Gasteiger charge is -2.29. The van der Waals surface area contributed by atoms with E-state index in [1.807, 2.05) is 13.8 Å². The smallest absolute Gasteiger partial charge is 0.326 e. The van der Waals surface area contributed by atoms with E-state index in [0.717, 1.165) is 38.5 Å². The first kappa shape index (κ1) is 24.4. The minimum Gasteiger partial charge on any atom is -0.351 e. The molecule has 0 radical (unpaired) electrons. The third kappa shape index (κ3) is 5.75. The SMILES string of the molecule is CC(C)CS(=O)(=O)N[C@H]1CC[C@H](Nc2nc(NC3CC3)n3ncc(/C=C4\NC(=O)NC4=O)c3n2)CC1. The molecule has 0 aromatic carbocycles. The van der Waals surface area contributed by atoms with E-state index < -0.39 is 22.0 Å². The summed E-state index contributed by atoms with van der Waals surface area (Å²) in [5.74, 6) is 0.669. The van der Waals surface area contributed by atoms with Gasteiger partial charge in [-0.15, -0.1) is 0 Å². The van der Waals surface area contributed by atoms with Crippen molar-refractivity contribution in [3.05, 3.63) is 17.5 Å². The lowest BCUT2D eigenvalue weighted by atomic mass is 9.92. The standard InChI is InChI=1S/C22H31N9O4S/c1-12(2)11-36(34,35)30-16-7-5-14(6-8-16)24-20-27-18-13(9-17-19(32)28-22(33)26-17)10-23-31(18)21(29-20)25-15-3-4-15/h9-10,12,14-16,30H,3-8,11H2,1-2H3,(H2,24,25,27,29)(H2,26,28,32,33)/b17-9-/t14-,16-. The van der Waals surface area contributed by atoms with Crippen molar-refractivity contribution in [3.8, 4) is 0 Å². The Morgan fingerprint density at radius 3 is 2.33 bits per heavy atom. The molecule has 3 fully saturated rings. The van der Waals surface area contributed by atoms with Crippen molar-refractivity contribution in [2.45, 2.75) is 70.5 Å². The van der Waals surface area contributed by atoms with Gasteiger partial charge in [-0.2, -0.15) is 19.6 Å². The Morgan fingerprint density at radius 1 is 1.03 bits per heavy atom. The van der Waals surface area contributed by atoms with Gasteiger partial charge in [0.1, 0.15) is 5.70 Å². The average Bonchev–Trinajstić information content (AvgIpc) is 3.42. The Bertz CT molecular complexity index is 1310. The zero-order chi connectivity index (χ0) is 25.4. The molecule has 13 nitrogen and oxygen atoms in total. The summed E-state index contributed by atoms with van der Waals surface area (Å²) in [4.78, 5) is 32.7. The zero-order valence-corrected chi connectivity index (χ0v) is 21.1. The number of fused-ring (bicyclic) bond motifs is 1. The predicted molar refractivity (Wildman–Crippen MR) is 134 cm³/mol. The van der Waals surface area contributed by atoms with Gasteiger partial charge in [0.15, 0.2) is 5.65 Å². The van der Waals surface area contributed by atoms with E-state index in [9.17, 15) is 18.0 Å². The summed E-state index contributed by atoms with van der Waals surface area (Å²) in [6, 6.07) is -0.214. The van der Waals surface area contributed by atoms with Crippen LogP contribution in [0.2, 0.25) is 0 Å². The highest BCUT2D eigenvalue weighted by Gasteiger charge is 2.28. The summed E-state index contributed by atoms with van der Waals surface area (Å²) < 4.78 is 29.0. The van der Waals surface area contributed by atoms with Crippen molar-refractivity contribution in [1.29, 1.82) is 0 Å². The zero-order valence-electron chi connectivity index (χ0n) is 20.2. The van der Waals surface area contributed by atoms with Crippen LogP contribution in [0.1, 0.15) is 57.9 Å². The molecule has 0 unspecified atom stereocenters. The van der Waals surface area contributed by atoms with Crippen molar-refractivity contribution < 1.29 is 18.0 Å². The maximum Gasteiger partial charge on any atom is 0.326 e. The number of hydrogen-bond acceptors (Lipinski definition) is 9. The number of urea groups is 1. The molecule has 194 valence electrons. The monoisotopic (exact) mass is 517 g/mol. The highest BCUT2D eigenvalue weighted by molar-refractivity contribution is 7.89. The van der Waals surface area contributed by atoms with Crippen molar-refractivity contribution in [1.82, 2.24) is 34.9 Å². The molecule has 3 aliphatic rings. The average molecular weight is 518 g/mol. The maximum atomic E-state index is 12.3. The third-order valence-electron chi connectivity index (χ3n) is 6.29. The molecular weight excluding hydrogens is 486 g/mol. The molecule has 0 spiro atoms. The molecule has 0 bridgehead atoms. The molecular formula is C22H31N9O4S. The first-order valence-electron chi connectivity index (χ1n) is 12.3. The van der Waals surface area contributed by atoms with Crippen molar-refractivity contribution >= 4 is 45.6 Å². The molecule has 2 aliphatic carbocycles. The van der Waals surface area contributed by atoms with E-state index in [2.05, 4.69) is 41.1 Å². The minimum atomic E-state index is -3.28. The van der Waals surface area contributed by atoms with Gasteiger partial charge >= 0.3 is 6.03 Å². The van der Waals surface area contributed by atoms with E-state index in [1.165, 1.54) is 6.08 Å². The van der Waals surface area contributed by atoms with Gasteiger partial charge in [-0.05, 0) is 50.5 Å². The van der Waals surface area contributed by atoms with Crippen LogP contribution in [0.15, 0.2) is 11.9 Å². The highest BCUT2D eigenvalue weighted by Crippen LogP contribution is 2.27. The number of hydrogen-bond donors (Lipinski definition) is 5. The maximum absolute atomic E-state index is 12.3. The Kier molecular flexibility index (Phi) is 6.55. The van der Waals surface area contributed by atoms with Crippen LogP contribution in [-0.4, -0.2) is 63.8 Å². The van der Waals surface area contributed by atoms with E-state index in [4.69, 9.17) is 0 Å². The molecule has 36 heavy (non-hydrogen) atoms. The van der Waals surface area contributed by atoms with E-state index in [1.54, 1.807) is 10.7 Å². The van der Waals surface area contributed by atoms with E-state index in [-0.39, 0.29) is 29.5 Å². The van der Waals surface area contributed by atoms with Crippen LogP contribution in [0.25, 0.3) is 11.7 Å². The minimum absolute atomic E-state index is 0.0666. The fourth-order valence-corrected chi connectivity index (χ4v) is 6.20. The van der Waals surface area contributed by atoms with E-state index >= 15 is 0 Å². The van der Waals surface area contributed by atoms with Crippen molar-refractivity contribution in [2.75, 3.05) is 16.4 Å². The number of imide groups is 1. The van der Waals surface area contributed by atoms with Gasteiger partial charge in [0.2, 0.25) is 21.9 Å². The molecule has 14 heteroatoms. The Morgan fingerprint density at radius 2 is 1.69 bits per heavy atom. The van der Waals surface area contributed by atoms with E-state index in [0.29, 0.717) is 29.1 Å². The lowest BCUT2D eigenvalue weighted by Crippen LogP contribution is -2.41. The first-order valence-corrected chi connectivity index (χ1v) is 13.9. The summed E-state index contributed by atoms with van der Waals surface area (Å²) in [5.41, 5.74) is 1.18. The van der Waals surface area contributed by atoms with Gasteiger partial charge in [0.05, 0.1) is 11.9 Å². The summed E-state index contributed by atoms with van der Waals surface area (Å²) in [7, 11) is -3.28. The number of rotatable bonds is 9. The number of nitrogens with one attached hydrogen (secondary N) is 5. The lowest BCUT2D eigenvalue weighted by molar-refractivity contribution is -0.115. The predicted octanol–water partition coefficient (Wildman–Crippen LogP) is 1.18. The summed E-state index contributed by atoms with van der Waals surface area (Å²) in [6.07, 6.45) is 8.21. The van der Waals surface area contributed by atoms with Crippen LogP contribution >= 0.6 is 0 Å². The summed E-state index contributed by atoms with van der Waals surface area (Å²) in [6.45, 7) is 3.79. The molecule has 5 N–H and O–H groups in total.